The molecule has 4 aromatic carbocycles. The van der Waals surface area contributed by atoms with Crippen molar-refractivity contribution in [3.8, 4) is 11.3 Å². The van der Waals surface area contributed by atoms with Crippen molar-refractivity contribution >= 4 is 69.4 Å². The Kier molecular flexibility index (Phi) is 5.97. The van der Waals surface area contributed by atoms with Crippen LogP contribution in [0.2, 0.25) is 0 Å². The molecule has 0 atom stereocenters. The number of aromatic nitrogens is 1. The lowest BCUT2D eigenvalue weighted by molar-refractivity contribution is 0.598. The number of rotatable bonds is 2. The van der Waals surface area contributed by atoms with E-state index in [4.69, 9.17) is 22.3 Å². The molecule has 0 aliphatic carbocycles. The number of hydrogen-bond donors (Lipinski definition) is 4. The van der Waals surface area contributed by atoms with Crippen molar-refractivity contribution < 1.29 is 8.42 Å². The summed E-state index contributed by atoms with van der Waals surface area (Å²) >= 11 is 1.82. The van der Waals surface area contributed by atoms with E-state index in [2.05, 4.69) is 47.4 Å². The smallest absolute Gasteiger partial charge is 0.238 e. The minimum absolute atomic E-state index is 0.00481. The predicted molar refractivity (Wildman–Crippen MR) is 151 cm³/mol. The first kappa shape index (κ1) is 23.6. The Bertz CT molecular complexity index is 1850. The van der Waals surface area contributed by atoms with Gasteiger partial charge in [0.2, 0.25) is 10.0 Å². The molecule has 2 heterocycles. The van der Waals surface area contributed by atoms with E-state index in [0.29, 0.717) is 22.1 Å². The maximum absolute atomic E-state index is 11.4. The molecule has 0 spiro atoms. The quantitative estimate of drug-likeness (QED) is 0.229. The van der Waals surface area contributed by atoms with Crippen LogP contribution in [0.5, 0.6) is 0 Å². The molecule has 0 aliphatic rings. The van der Waals surface area contributed by atoms with E-state index < -0.39 is 10.0 Å². The summed E-state index contributed by atoms with van der Waals surface area (Å²) in [6.07, 6.45) is 1.71. The molecule has 7 nitrogen and oxygen atoms in total. The summed E-state index contributed by atoms with van der Waals surface area (Å²) in [6.45, 7) is 0. The van der Waals surface area contributed by atoms with Crippen LogP contribution in [0.15, 0.2) is 96.0 Å². The normalized spacial score (nSPS) is 11.5. The van der Waals surface area contributed by atoms with Gasteiger partial charge in [-0.1, -0.05) is 60.7 Å². The molecule has 180 valence electrons. The molecule has 0 radical (unpaired) electrons. The molecule has 36 heavy (non-hydrogen) atoms. The van der Waals surface area contributed by atoms with Gasteiger partial charge in [-0.2, -0.15) is 0 Å². The molecule has 0 fully saturated rings. The summed E-state index contributed by atoms with van der Waals surface area (Å²) in [5.41, 5.74) is 20.5. The molecule has 0 saturated carbocycles. The standard InChI is InChI=1S/C17H12N2S.C10H11N3O2S/c18-11-8-9-15(19-10-11)14-6-3-5-13-12-4-1-2-7-16(12)20-17(13)14;11-8-5-9(16(13,14)15)6-3-1-2-4-7(6)10(8)12/h1-10H,18H2;1-5H,11-12H2,(H2,13,14,15). The number of thiophene rings is 1. The van der Waals surface area contributed by atoms with Crippen LogP contribution in [0, 0.1) is 0 Å². The number of pyridine rings is 1. The minimum Gasteiger partial charge on any atom is -0.397 e. The second-order valence-corrected chi connectivity index (χ2v) is 10.8. The lowest BCUT2D eigenvalue weighted by Crippen LogP contribution is -2.13. The zero-order chi connectivity index (χ0) is 25.4. The van der Waals surface area contributed by atoms with Crippen molar-refractivity contribution in [2.75, 3.05) is 17.2 Å². The van der Waals surface area contributed by atoms with Crippen molar-refractivity contribution in [1.82, 2.24) is 4.98 Å². The van der Waals surface area contributed by atoms with E-state index >= 15 is 0 Å². The maximum atomic E-state index is 11.4. The third-order valence-electron chi connectivity index (χ3n) is 5.85. The lowest BCUT2D eigenvalue weighted by Gasteiger charge is -2.09. The van der Waals surface area contributed by atoms with E-state index in [-0.39, 0.29) is 10.6 Å². The number of primary sulfonamides is 1. The molecule has 0 unspecified atom stereocenters. The number of benzene rings is 4. The first-order chi connectivity index (χ1) is 17.2. The van der Waals surface area contributed by atoms with Gasteiger partial charge in [-0.05, 0) is 24.3 Å². The van der Waals surface area contributed by atoms with Crippen LogP contribution in [0.3, 0.4) is 0 Å². The Morgan fingerprint density at radius 3 is 2.08 bits per heavy atom. The van der Waals surface area contributed by atoms with E-state index in [1.165, 1.54) is 31.8 Å². The number of nitrogen functional groups attached to an aromatic ring is 3. The maximum Gasteiger partial charge on any atom is 0.238 e. The average Bonchev–Trinajstić information content (AvgIpc) is 3.25. The molecule has 0 aliphatic heterocycles. The van der Waals surface area contributed by atoms with Crippen LogP contribution in [0.1, 0.15) is 0 Å². The first-order valence-electron chi connectivity index (χ1n) is 11.0. The number of hydrogen-bond acceptors (Lipinski definition) is 7. The molecular weight excluding hydrogens is 490 g/mol. The zero-order valence-electron chi connectivity index (χ0n) is 19.0. The Labute approximate surface area is 212 Å². The SMILES string of the molecule is Nc1cc(S(N)(=O)=O)c2ccccc2c1N.Nc1ccc(-c2cccc3c2sc2ccccc23)nc1. The number of anilines is 3. The van der Waals surface area contributed by atoms with Crippen molar-refractivity contribution in [1.29, 1.82) is 0 Å². The number of nitrogens with two attached hydrogens (primary N) is 4. The molecule has 9 heteroatoms. The number of nitrogens with zero attached hydrogens (tertiary/aromatic N) is 1. The summed E-state index contributed by atoms with van der Waals surface area (Å²) in [5.74, 6) is 0. The zero-order valence-corrected chi connectivity index (χ0v) is 20.7. The highest BCUT2D eigenvalue weighted by molar-refractivity contribution is 7.89. The van der Waals surface area contributed by atoms with Crippen LogP contribution in [0.25, 0.3) is 42.2 Å². The van der Waals surface area contributed by atoms with Gasteiger partial charge in [-0.15, -0.1) is 11.3 Å². The van der Waals surface area contributed by atoms with Crippen LogP contribution in [-0.2, 0) is 10.0 Å². The summed E-state index contributed by atoms with van der Waals surface area (Å²) in [7, 11) is -3.80. The Balaban J connectivity index is 0.000000152. The highest BCUT2D eigenvalue weighted by atomic mass is 32.2. The third-order valence-corrected chi connectivity index (χ3v) is 8.02. The van der Waals surface area contributed by atoms with Crippen LogP contribution >= 0.6 is 11.3 Å². The molecule has 0 amide bonds. The molecule has 6 aromatic rings. The van der Waals surface area contributed by atoms with Gasteiger partial charge < -0.3 is 17.2 Å². The first-order valence-corrected chi connectivity index (χ1v) is 13.3. The minimum atomic E-state index is -3.80. The second-order valence-electron chi connectivity index (χ2n) is 8.23. The largest absolute Gasteiger partial charge is 0.397 e. The van der Waals surface area contributed by atoms with Gasteiger partial charge in [0.25, 0.3) is 0 Å². The van der Waals surface area contributed by atoms with Crippen molar-refractivity contribution in [2.45, 2.75) is 4.90 Å². The van der Waals surface area contributed by atoms with Gasteiger partial charge >= 0.3 is 0 Å². The van der Waals surface area contributed by atoms with Gasteiger partial charge in [0.1, 0.15) is 0 Å². The Morgan fingerprint density at radius 2 is 1.39 bits per heavy atom. The van der Waals surface area contributed by atoms with Gasteiger partial charge in [-0.25, -0.2) is 13.6 Å². The lowest BCUT2D eigenvalue weighted by atomic mass is 10.1. The van der Waals surface area contributed by atoms with Crippen LogP contribution in [-0.4, -0.2) is 13.4 Å². The highest BCUT2D eigenvalue weighted by Gasteiger charge is 2.15. The van der Waals surface area contributed by atoms with E-state index in [9.17, 15) is 8.42 Å². The molecule has 0 saturated heterocycles. The van der Waals surface area contributed by atoms with Gasteiger partial charge in [0.05, 0.1) is 33.8 Å². The summed E-state index contributed by atoms with van der Waals surface area (Å²) in [5, 5.41) is 8.79. The van der Waals surface area contributed by atoms with E-state index in [1.807, 2.05) is 23.5 Å². The Morgan fingerprint density at radius 1 is 0.722 bits per heavy atom. The van der Waals surface area contributed by atoms with Crippen LogP contribution < -0.4 is 22.3 Å². The summed E-state index contributed by atoms with van der Waals surface area (Å²) in [6, 6.07) is 26.9. The third kappa shape index (κ3) is 4.31. The Hall–Kier alpha value is -4.18. The van der Waals surface area contributed by atoms with Crippen molar-refractivity contribution in [2.24, 2.45) is 5.14 Å². The van der Waals surface area contributed by atoms with Gasteiger partial charge in [-0.3, -0.25) is 4.98 Å². The number of fused-ring (bicyclic) bond motifs is 4. The van der Waals surface area contributed by atoms with Gasteiger partial charge in [0.15, 0.2) is 0 Å². The van der Waals surface area contributed by atoms with E-state index in [0.717, 1.165) is 5.69 Å². The molecule has 8 N–H and O–H groups in total. The molecule has 2 aromatic heterocycles. The number of sulfonamides is 1. The second kappa shape index (κ2) is 9.12. The summed E-state index contributed by atoms with van der Waals surface area (Å²) < 4.78 is 25.4. The van der Waals surface area contributed by atoms with Gasteiger partial charge in [0, 0.05) is 36.5 Å². The average molecular weight is 514 g/mol. The fraction of sp³-hybridized carbons (Fsp3) is 0. The monoisotopic (exact) mass is 513 g/mol. The van der Waals surface area contributed by atoms with Crippen LogP contribution in [0.4, 0.5) is 17.1 Å². The molecule has 0 bridgehead atoms. The topological polar surface area (TPSA) is 151 Å². The predicted octanol–water partition coefficient (Wildman–Crippen LogP) is 5.35. The fourth-order valence-electron chi connectivity index (χ4n) is 4.13. The fourth-order valence-corrected chi connectivity index (χ4v) is 6.13. The molecular formula is C27H23N5O2S2. The highest BCUT2D eigenvalue weighted by Crippen LogP contribution is 2.39. The van der Waals surface area contributed by atoms with E-state index in [1.54, 1.807) is 30.5 Å². The van der Waals surface area contributed by atoms with Crippen molar-refractivity contribution in [3.63, 3.8) is 0 Å². The molecule has 6 rings (SSSR count). The van der Waals surface area contributed by atoms with Crippen molar-refractivity contribution in [3.05, 3.63) is 91.1 Å². The summed E-state index contributed by atoms with van der Waals surface area (Å²) in [4.78, 5) is 4.45.